The van der Waals surface area contributed by atoms with E-state index in [0.29, 0.717) is 27.8 Å². The second-order valence-corrected chi connectivity index (χ2v) is 8.92. The fourth-order valence-electron chi connectivity index (χ4n) is 4.46. The Hall–Kier alpha value is -4.38. The normalized spacial score (nSPS) is 19.8. The van der Waals surface area contributed by atoms with Crippen LogP contribution >= 0.6 is 0 Å². The molecule has 0 unspecified atom stereocenters. The highest BCUT2D eigenvalue weighted by molar-refractivity contribution is 6.08. The number of rotatable bonds is 7. The Balaban J connectivity index is 1.48. The van der Waals surface area contributed by atoms with E-state index in [1.54, 1.807) is 43.3 Å². The number of fused-ring (bicyclic) bond motifs is 2. The number of aliphatic hydroxyl groups is 1. The molecule has 11 heteroatoms. The predicted octanol–water partition coefficient (Wildman–Crippen LogP) is 1.24. The molecule has 5 amide bonds. The molecule has 1 aromatic heterocycles. The largest absolute Gasteiger partial charge is 0.497 e. The van der Waals surface area contributed by atoms with Crippen molar-refractivity contribution in [3.05, 3.63) is 64.9 Å². The van der Waals surface area contributed by atoms with Gasteiger partial charge in [0.25, 0.3) is 17.7 Å². The number of nitrogens with zero attached hydrogens (tertiary/aromatic N) is 1. The van der Waals surface area contributed by atoms with Gasteiger partial charge in [0.1, 0.15) is 17.1 Å². The summed E-state index contributed by atoms with van der Waals surface area (Å²) in [5.74, 6) is -0.679. The maximum atomic E-state index is 13.1. The van der Waals surface area contributed by atoms with Crippen molar-refractivity contribution in [3.63, 3.8) is 0 Å². The van der Waals surface area contributed by atoms with Crippen LogP contribution in [0.1, 0.15) is 39.0 Å². The molecule has 2 aliphatic heterocycles. The Bertz CT molecular complexity index is 1410. The van der Waals surface area contributed by atoms with Crippen molar-refractivity contribution in [2.24, 2.45) is 0 Å². The van der Waals surface area contributed by atoms with E-state index in [-0.39, 0.29) is 31.3 Å². The van der Waals surface area contributed by atoms with Crippen LogP contribution < -0.4 is 20.7 Å². The third-order valence-electron chi connectivity index (χ3n) is 6.33. The molecule has 1 saturated heterocycles. The topological polar surface area (TPSA) is 150 Å². The zero-order valence-corrected chi connectivity index (χ0v) is 19.6. The first kappa shape index (κ1) is 23.4. The second kappa shape index (κ2) is 8.68. The number of hydrogen-bond acceptors (Lipinski definition) is 7. The summed E-state index contributed by atoms with van der Waals surface area (Å²) in [7, 11) is 1.51. The molecular weight excluding hydrogens is 468 g/mol. The van der Waals surface area contributed by atoms with Gasteiger partial charge in [0, 0.05) is 29.6 Å². The van der Waals surface area contributed by atoms with Crippen LogP contribution in [0.3, 0.4) is 0 Å². The summed E-state index contributed by atoms with van der Waals surface area (Å²) in [6.07, 6.45) is -0.697. The lowest BCUT2D eigenvalue weighted by Crippen LogP contribution is -2.52. The molecule has 0 radical (unpaired) electrons. The van der Waals surface area contributed by atoms with Gasteiger partial charge in [0.2, 0.25) is 0 Å². The lowest BCUT2D eigenvalue weighted by Gasteiger charge is -2.29. The zero-order valence-electron chi connectivity index (χ0n) is 19.6. The van der Waals surface area contributed by atoms with Crippen LogP contribution in [0.4, 0.5) is 4.79 Å². The number of benzene rings is 2. The number of urea groups is 1. The first-order chi connectivity index (χ1) is 17.2. The summed E-state index contributed by atoms with van der Waals surface area (Å²) in [5, 5.41) is 17.5. The molecule has 3 heterocycles. The Kier molecular flexibility index (Phi) is 5.64. The van der Waals surface area contributed by atoms with E-state index in [9.17, 15) is 24.3 Å². The molecule has 186 valence electrons. The SMILES string of the molecule is COc1ccc2c(c1)C(=O)N(C[C@@]1(c3cc4ccc(C(=O)NC[C@H](C)O)cc4o3)NC(=O)NC1=O)C2. The van der Waals surface area contributed by atoms with Gasteiger partial charge in [-0.2, -0.15) is 0 Å². The van der Waals surface area contributed by atoms with E-state index >= 15 is 0 Å². The number of imide groups is 1. The van der Waals surface area contributed by atoms with Gasteiger partial charge in [-0.1, -0.05) is 12.1 Å². The second-order valence-electron chi connectivity index (χ2n) is 8.92. The van der Waals surface area contributed by atoms with Crippen LogP contribution in [-0.2, 0) is 16.9 Å². The first-order valence-electron chi connectivity index (χ1n) is 11.3. The maximum absolute atomic E-state index is 13.1. The van der Waals surface area contributed by atoms with Gasteiger partial charge in [0.05, 0.1) is 19.8 Å². The van der Waals surface area contributed by atoms with E-state index in [2.05, 4.69) is 16.0 Å². The highest BCUT2D eigenvalue weighted by Crippen LogP contribution is 2.35. The summed E-state index contributed by atoms with van der Waals surface area (Å²) in [5.41, 5.74) is 0.206. The molecule has 1 fully saturated rings. The summed E-state index contributed by atoms with van der Waals surface area (Å²) in [4.78, 5) is 52.3. The molecule has 3 aromatic rings. The molecule has 5 rings (SSSR count). The fourth-order valence-corrected chi connectivity index (χ4v) is 4.46. The number of nitrogens with one attached hydrogen (secondary N) is 3. The third kappa shape index (κ3) is 3.93. The van der Waals surface area contributed by atoms with Gasteiger partial charge in [0.15, 0.2) is 5.54 Å². The highest BCUT2D eigenvalue weighted by Gasteiger charge is 2.53. The van der Waals surface area contributed by atoms with Crippen molar-refractivity contribution >= 4 is 34.7 Å². The average Bonchev–Trinajstić information content (AvgIpc) is 3.50. The molecular formula is C25H24N4O7. The molecule has 2 aliphatic rings. The van der Waals surface area contributed by atoms with E-state index in [1.165, 1.54) is 18.1 Å². The molecule has 36 heavy (non-hydrogen) atoms. The minimum absolute atomic E-state index is 0.0910. The molecule has 11 nitrogen and oxygen atoms in total. The van der Waals surface area contributed by atoms with Crippen LogP contribution in [-0.4, -0.2) is 60.1 Å². The van der Waals surface area contributed by atoms with Crippen LogP contribution in [0.25, 0.3) is 11.0 Å². The van der Waals surface area contributed by atoms with Crippen molar-refractivity contribution in [2.75, 3.05) is 20.2 Å². The van der Waals surface area contributed by atoms with E-state index < -0.39 is 29.5 Å². The molecule has 0 bridgehead atoms. The highest BCUT2D eigenvalue weighted by atomic mass is 16.5. The van der Waals surface area contributed by atoms with Gasteiger partial charge in [-0.3, -0.25) is 19.7 Å². The predicted molar refractivity (Wildman–Crippen MR) is 126 cm³/mol. The molecule has 0 saturated carbocycles. The number of furan rings is 1. The fraction of sp³-hybridized carbons (Fsp3) is 0.280. The first-order valence-corrected chi connectivity index (χ1v) is 11.3. The Labute approximate surface area is 205 Å². The van der Waals surface area contributed by atoms with Crippen LogP contribution in [0.15, 0.2) is 46.9 Å². The quantitative estimate of drug-likeness (QED) is 0.363. The van der Waals surface area contributed by atoms with Crippen LogP contribution in [0.2, 0.25) is 0 Å². The van der Waals surface area contributed by atoms with Crippen molar-refractivity contribution in [1.29, 1.82) is 0 Å². The van der Waals surface area contributed by atoms with Crippen molar-refractivity contribution in [1.82, 2.24) is 20.9 Å². The van der Waals surface area contributed by atoms with Gasteiger partial charge < -0.3 is 29.8 Å². The lowest BCUT2D eigenvalue weighted by atomic mass is 9.95. The minimum Gasteiger partial charge on any atom is -0.497 e. The summed E-state index contributed by atoms with van der Waals surface area (Å²) >= 11 is 0. The Morgan fingerprint density at radius 1 is 1.22 bits per heavy atom. The van der Waals surface area contributed by atoms with Crippen LogP contribution in [0, 0.1) is 0 Å². The van der Waals surface area contributed by atoms with Crippen molar-refractivity contribution in [3.8, 4) is 5.75 Å². The average molecular weight is 492 g/mol. The molecule has 2 aromatic carbocycles. The Morgan fingerprint density at radius 3 is 2.72 bits per heavy atom. The van der Waals surface area contributed by atoms with Crippen LogP contribution in [0.5, 0.6) is 5.75 Å². The standard InChI is InChI=1S/C25H24N4O7/c1-13(30)10-26-21(31)15-4-3-14-8-20(36-19(14)7-15)25(23(33)27-24(34)28-25)12-29-11-16-5-6-17(35-2)9-18(16)22(29)32/h3-9,13,30H,10-12H2,1-2H3,(H,26,31)(H2,27,28,33,34)/t13-,25-/m0/s1. The number of carbonyl (C=O) groups excluding carboxylic acids is 4. The lowest BCUT2D eigenvalue weighted by molar-refractivity contribution is -0.125. The van der Waals surface area contributed by atoms with Crippen molar-refractivity contribution in [2.45, 2.75) is 25.1 Å². The van der Waals surface area contributed by atoms with Gasteiger partial charge in [-0.05, 0) is 42.8 Å². The summed E-state index contributed by atoms with van der Waals surface area (Å²) < 4.78 is 11.2. The van der Waals surface area contributed by atoms with Gasteiger partial charge in [-0.15, -0.1) is 0 Å². The monoisotopic (exact) mass is 492 g/mol. The Morgan fingerprint density at radius 2 is 2.03 bits per heavy atom. The number of ether oxygens (including phenoxy) is 1. The van der Waals surface area contributed by atoms with Crippen molar-refractivity contribution < 1.29 is 33.4 Å². The smallest absolute Gasteiger partial charge is 0.322 e. The number of hydrogen-bond donors (Lipinski definition) is 4. The summed E-state index contributed by atoms with van der Waals surface area (Å²) in [6.45, 7) is 1.73. The van der Waals surface area contributed by atoms with E-state index in [0.717, 1.165) is 5.56 Å². The number of amides is 5. The third-order valence-corrected chi connectivity index (χ3v) is 6.33. The zero-order chi connectivity index (χ0) is 25.6. The van der Waals surface area contributed by atoms with Gasteiger partial charge in [-0.25, -0.2) is 4.79 Å². The molecule has 4 N–H and O–H groups in total. The molecule has 0 spiro atoms. The maximum Gasteiger partial charge on any atom is 0.322 e. The number of methoxy groups -OCH3 is 1. The number of carbonyl (C=O) groups is 4. The number of aliphatic hydroxyl groups excluding tert-OH is 1. The van der Waals surface area contributed by atoms with E-state index in [1.807, 2.05) is 0 Å². The van der Waals surface area contributed by atoms with E-state index in [4.69, 9.17) is 9.15 Å². The molecule has 2 atom stereocenters. The minimum atomic E-state index is -1.66. The molecule has 0 aliphatic carbocycles. The summed E-state index contributed by atoms with van der Waals surface area (Å²) in [6, 6.07) is 10.8. The van der Waals surface area contributed by atoms with Gasteiger partial charge >= 0.3 is 6.03 Å².